The fourth-order valence-electron chi connectivity index (χ4n) is 3.52. The Hall–Kier alpha value is -2.88. The zero-order chi connectivity index (χ0) is 19.4. The van der Waals surface area contributed by atoms with Crippen LogP contribution in [-0.2, 0) is 14.3 Å². The lowest BCUT2D eigenvalue weighted by Gasteiger charge is -2.29. The summed E-state index contributed by atoms with van der Waals surface area (Å²) in [6.45, 7) is 4.04. The van der Waals surface area contributed by atoms with Crippen molar-refractivity contribution in [3.8, 4) is 5.75 Å². The molecule has 2 aromatic carbocycles. The van der Waals surface area contributed by atoms with Crippen molar-refractivity contribution in [2.24, 2.45) is 5.92 Å². The molecule has 0 N–H and O–H groups in total. The molecule has 0 fully saturated rings. The number of ether oxygens (including phenoxy) is 2. The largest absolute Gasteiger partial charge is 0.497 e. The van der Waals surface area contributed by atoms with E-state index in [-0.39, 0.29) is 18.3 Å². The van der Waals surface area contributed by atoms with Crippen LogP contribution >= 0.6 is 0 Å². The van der Waals surface area contributed by atoms with Crippen molar-refractivity contribution in [2.45, 2.75) is 26.2 Å². The summed E-state index contributed by atoms with van der Waals surface area (Å²) < 4.78 is 10.4. The Kier molecular flexibility index (Phi) is 5.75. The van der Waals surface area contributed by atoms with Gasteiger partial charge >= 0.3 is 5.97 Å². The van der Waals surface area contributed by atoms with E-state index in [1.165, 1.54) is 0 Å². The Morgan fingerprint density at radius 2 is 1.74 bits per heavy atom. The molecular weight excluding hydrogens is 340 g/mol. The normalized spacial score (nSPS) is 19.4. The van der Waals surface area contributed by atoms with E-state index < -0.39 is 11.9 Å². The lowest BCUT2D eigenvalue weighted by atomic mass is 9.73. The Morgan fingerprint density at radius 3 is 2.33 bits per heavy atom. The number of esters is 1. The van der Waals surface area contributed by atoms with Gasteiger partial charge in [0.25, 0.3) is 0 Å². The predicted octanol–water partition coefficient (Wildman–Crippen LogP) is 4.32. The first-order valence-electron chi connectivity index (χ1n) is 9.15. The number of allylic oxidation sites excluding steroid dienone is 2. The van der Waals surface area contributed by atoms with Gasteiger partial charge in [0.1, 0.15) is 11.7 Å². The minimum Gasteiger partial charge on any atom is -0.497 e. The average molecular weight is 364 g/mol. The SMILES string of the molecule is CCOC(=O)C1C(=O)C=C(c2ccc(C)cc2)CC1c1ccc(OC)cc1. The maximum atomic E-state index is 12.9. The van der Waals surface area contributed by atoms with Crippen molar-refractivity contribution in [1.29, 1.82) is 0 Å². The number of methoxy groups -OCH3 is 1. The summed E-state index contributed by atoms with van der Waals surface area (Å²) >= 11 is 0. The number of hydrogen-bond donors (Lipinski definition) is 0. The molecule has 4 nitrogen and oxygen atoms in total. The summed E-state index contributed by atoms with van der Waals surface area (Å²) in [5.41, 5.74) is 4.05. The Labute approximate surface area is 159 Å². The van der Waals surface area contributed by atoms with Crippen LogP contribution in [0.25, 0.3) is 5.57 Å². The molecule has 1 aliphatic carbocycles. The highest BCUT2D eigenvalue weighted by atomic mass is 16.5. The molecule has 2 atom stereocenters. The molecule has 2 unspecified atom stereocenters. The van der Waals surface area contributed by atoms with Gasteiger partial charge in [-0.15, -0.1) is 0 Å². The van der Waals surface area contributed by atoms with E-state index in [2.05, 4.69) is 0 Å². The van der Waals surface area contributed by atoms with Crippen LogP contribution in [0.15, 0.2) is 54.6 Å². The van der Waals surface area contributed by atoms with Crippen LogP contribution in [0.4, 0.5) is 0 Å². The van der Waals surface area contributed by atoms with E-state index >= 15 is 0 Å². The molecule has 0 saturated carbocycles. The van der Waals surface area contributed by atoms with Gasteiger partial charge in [0.05, 0.1) is 13.7 Å². The van der Waals surface area contributed by atoms with Crippen molar-refractivity contribution in [3.63, 3.8) is 0 Å². The van der Waals surface area contributed by atoms with Crippen LogP contribution in [0, 0.1) is 12.8 Å². The second kappa shape index (κ2) is 8.21. The van der Waals surface area contributed by atoms with Gasteiger partial charge in [-0.2, -0.15) is 0 Å². The first-order chi connectivity index (χ1) is 13.0. The van der Waals surface area contributed by atoms with Crippen LogP contribution < -0.4 is 4.74 Å². The third-order valence-electron chi connectivity index (χ3n) is 4.97. The molecule has 0 spiro atoms. The van der Waals surface area contributed by atoms with Crippen LogP contribution in [0.3, 0.4) is 0 Å². The van der Waals surface area contributed by atoms with Crippen molar-refractivity contribution in [3.05, 3.63) is 71.3 Å². The molecule has 0 amide bonds. The number of benzene rings is 2. The topological polar surface area (TPSA) is 52.6 Å². The smallest absolute Gasteiger partial charge is 0.317 e. The average Bonchev–Trinajstić information content (AvgIpc) is 2.68. The molecule has 0 saturated heterocycles. The summed E-state index contributed by atoms with van der Waals surface area (Å²) in [6.07, 6.45) is 2.21. The lowest BCUT2D eigenvalue weighted by Crippen LogP contribution is -2.34. The van der Waals surface area contributed by atoms with Gasteiger partial charge in [-0.3, -0.25) is 9.59 Å². The maximum absolute atomic E-state index is 12.9. The lowest BCUT2D eigenvalue weighted by molar-refractivity contribution is -0.151. The number of carbonyl (C=O) groups is 2. The van der Waals surface area contributed by atoms with E-state index in [0.717, 1.165) is 28.0 Å². The van der Waals surface area contributed by atoms with E-state index in [9.17, 15) is 9.59 Å². The molecule has 3 rings (SSSR count). The molecule has 140 valence electrons. The van der Waals surface area contributed by atoms with Crippen molar-refractivity contribution in [2.75, 3.05) is 13.7 Å². The van der Waals surface area contributed by atoms with Crippen molar-refractivity contribution in [1.82, 2.24) is 0 Å². The minimum atomic E-state index is -0.812. The summed E-state index contributed by atoms with van der Waals surface area (Å²) in [6, 6.07) is 15.6. The Morgan fingerprint density at radius 1 is 1.07 bits per heavy atom. The quantitative estimate of drug-likeness (QED) is 0.586. The molecule has 27 heavy (non-hydrogen) atoms. The highest BCUT2D eigenvalue weighted by Crippen LogP contribution is 2.40. The van der Waals surface area contributed by atoms with Gasteiger partial charge in [0.2, 0.25) is 0 Å². The summed E-state index contributed by atoms with van der Waals surface area (Å²) in [7, 11) is 1.61. The van der Waals surface area contributed by atoms with Crippen LogP contribution in [0.5, 0.6) is 5.75 Å². The number of rotatable bonds is 5. The highest BCUT2D eigenvalue weighted by molar-refractivity contribution is 6.10. The molecule has 0 aromatic heterocycles. The van der Waals surface area contributed by atoms with E-state index in [0.29, 0.717) is 6.42 Å². The Balaban J connectivity index is 1.99. The first-order valence-corrected chi connectivity index (χ1v) is 9.15. The predicted molar refractivity (Wildman–Crippen MR) is 105 cm³/mol. The second-order valence-electron chi connectivity index (χ2n) is 6.75. The fourth-order valence-corrected chi connectivity index (χ4v) is 3.52. The number of aryl methyl sites for hydroxylation is 1. The van der Waals surface area contributed by atoms with Gasteiger partial charge < -0.3 is 9.47 Å². The number of hydrogen-bond acceptors (Lipinski definition) is 4. The molecular formula is C23H24O4. The standard InChI is InChI=1S/C23H24O4/c1-4-27-23(25)22-20(17-9-11-19(26-3)12-10-17)13-18(14-21(22)24)16-7-5-15(2)6-8-16/h5-12,14,20,22H,4,13H2,1-3H3. The second-order valence-corrected chi connectivity index (χ2v) is 6.75. The molecule has 0 bridgehead atoms. The Bertz CT molecular complexity index is 847. The van der Waals surface area contributed by atoms with Gasteiger partial charge in [0.15, 0.2) is 5.78 Å². The molecule has 0 radical (unpaired) electrons. The summed E-state index contributed by atoms with van der Waals surface area (Å²) in [4.78, 5) is 25.4. The fraction of sp³-hybridized carbons (Fsp3) is 0.304. The van der Waals surface area contributed by atoms with Crippen molar-refractivity contribution >= 4 is 17.3 Å². The number of ketones is 1. The monoisotopic (exact) mass is 364 g/mol. The van der Waals surface area contributed by atoms with Gasteiger partial charge in [0, 0.05) is 5.92 Å². The van der Waals surface area contributed by atoms with Crippen LogP contribution in [0.2, 0.25) is 0 Å². The zero-order valence-electron chi connectivity index (χ0n) is 15.9. The van der Waals surface area contributed by atoms with Gasteiger partial charge in [-0.05, 0) is 55.2 Å². The van der Waals surface area contributed by atoms with Crippen molar-refractivity contribution < 1.29 is 19.1 Å². The third-order valence-corrected chi connectivity index (χ3v) is 4.97. The van der Waals surface area contributed by atoms with E-state index in [1.54, 1.807) is 20.1 Å². The highest BCUT2D eigenvalue weighted by Gasteiger charge is 2.39. The summed E-state index contributed by atoms with van der Waals surface area (Å²) in [5.74, 6) is -0.988. The summed E-state index contributed by atoms with van der Waals surface area (Å²) in [5, 5.41) is 0. The molecule has 0 heterocycles. The molecule has 1 aliphatic rings. The van der Waals surface area contributed by atoms with Gasteiger partial charge in [-0.25, -0.2) is 0 Å². The first kappa shape index (κ1) is 18.9. The van der Waals surface area contributed by atoms with Crippen LogP contribution in [0.1, 0.15) is 36.0 Å². The van der Waals surface area contributed by atoms with E-state index in [4.69, 9.17) is 9.47 Å². The third kappa shape index (κ3) is 4.11. The van der Waals surface area contributed by atoms with E-state index in [1.807, 2.05) is 55.5 Å². The zero-order valence-corrected chi connectivity index (χ0v) is 15.9. The molecule has 0 aliphatic heterocycles. The minimum absolute atomic E-state index is 0.198. The molecule has 4 heteroatoms. The maximum Gasteiger partial charge on any atom is 0.317 e. The van der Waals surface area contributed by atoms with Crippen LogP contribution in [-0.4, -0.2) is 25.5 Å². The molecule has 2 aromatic rings. The number of carbonyl (C=O) groups excluding carboxylic acids is 2. The van der Waals surface area contributed by atoms with Gasteiger partial charge in [-0.1, -0.05) is 42.0 Å².